The van der Waals surface area contributed by atoms with E-state index < -0.39 is 0 Å². The van der Waals surface area contributed by atoms with Crippen LogP contribution in [0.4, 0.5) is 17.1 Å². The van der Waals surface area contributed by atoms with Crippen molar-refractivity contribution < 1.29 is 0 Å². The third-order valence-corrected chi connectivity index (χ3v) is 11.6. The number of hydrogen-bond donors (Lipinski definition) is 0. The van der Waals surface area contributed by atoms with E-state index in [0.717, 1.165) is 0 Å². The van der Waals surface area contributed by atoms with Gasteiger partial charge >= 0.3 is 0 Å². The fourth-order valence-electron chi connectivity index (χ4n) is 8.10. The van der Waals surface area contributed by atoms with Crippen LogP contribution in [-0.4, -0.2) is 6.71 Å². The van der Waals surface area contributed by atoms with Crippen molar-refractivity contribution in [2.45, 2.75) is 70.6 Å². The zero-order valence-corrected chi connectivity index (χ0v) is 25.2. The summed E-state index contributed by atoms with van der Waals surface area (Å²) in [4.78, 5) is 2.57. The summed E-state index contributed by atoms with van der Waals surface area (Å²) in [5, 5.41) is 1.43. The molecule has 0 saturated carbocycles. The number of rotatable bonds is 1. The minimum atomic E-state index is -0.0773. The highest BCUT2D eigenvalue weighted by Crippen LogP contribution is 2.50. The first-order valence-corrected chi connectivity index (χ1v) is 15.6. The van der Waals surface area contributed by atoms with Gasteiger partial charge in [-0.25, -0.2) is 0 Å². The summed E-state index contributed by atoms with van der Waals surface area (Å²) in [7, 11) is 0. The van der Waals surface area contributed by atoms with Crippen molar-refractivity contribution in [3.8, 4) is 0 Å². The van der Waals surface area contributed by atoms with Gasteiger partial charge in [0, 0.05) is 27.2 Å². The fraction of sp³-hybridized carbons (Fsp3) is 0.297. The molecule has 8 rings (SSSR count). The minimum Gasteiger partial charge on any atom is -0.312 e. The maximum atomic E-state index is 2.64. The minimum absolute atomic E-state index is 0.0773. The SMILES string of the molecule is CC1(C)CCC(C)(C)c2cc3c(cc21)B1c2sc4ccccc4c2C(C)(C)c2cccc(c21)N3c1ccccc1. The molecule has 0 saturated heterocycles. The highest BCUT2D eigenvalue weighted by Gasteiger charge is 2.49. The van der Waals surface area contributed by atoms with Crippen LogP contribution in [0.1, 0.15) is 76.6 Å². The Morgan fingerprint density at radius 1 is 0.675 bits per heavy atom. The molecule has 0 atom stereocenters. The average Bonchev–Trinajstić information content (AvgIpc) is 3.34. The lowest BCUT2D eigenvalue weighted by Gasteiger charge is -2.47. The van der Waals surface area contributed by atoms with Gasteiger partial charge in [0.05, 0.1) is 0 Å². The van der Waals surface area contributed by atoms with Crippen LogP contribution in [0.2, 0.25) is 0 Å². The molecule has 0 bridgehead atoms. The second-order valence-electron chi connectivity index (χ2n) is 14.0. The lowest BCUT2D eigenvalue weighted by atomic mass is 9.32. The van der Waals surface area contributed by atoms with Gasteiger partial charge in [0.2, 0.25) is 0 Å². The summed E-state index contributed by atoms with van der Waals surface area (Å²) in [6.07, 6.45) is 2.44. The molecule has 2 aliphatic heterocycles. The van der Waals surface area contributed by atoms with Crippen LogP contribution in [0.5, 0.6) is 0 Å². The highest BCUT2D eigenvalue weighted by molar-refractivity contribution is 7.32. The van der Waals surface area contributed by atoms with Crippen molar-refractivity contribution in [1.82, 2.24) is 0 Å². The molecule has 3 heterocycles. The number of para-hydroxylation sites is 1. The van der Waals surface area contributed by atoms with Gasteiger partial charge in [0.25, 0.3) is 6.71 Å². The Morgan fingerprint density at radius 3 is 2.10 bits per heavy atom. The first-order chi connectivity index (χ1) is 19.1. The summed E-state index contributed by atoms with van der Waals surface area (Å²) in [6, 6.07) is 32.4. The van der Waals surface area contributed by atoms with Crippen LogP contribution in [0, 0.1) is 0 Å². The Kier molecular flexibility index (Phi) is 4.85. The monoisotopic (exact) mass is 537 g/mol. The van der Waals surface area contributed by atoms with Gasteiger partial charge in [-0.3, -0.25) is 0 Å². The molecule has 1 nitrogen and oxygen atoms in total. The van der Waals surface area contributed by atoms with Crippen LogP contribution < -0.4 is 20.6 Å². The molecule has 0 spiro atoms. The van der Waals surface area contributed by atoms with E-state index >= 15 is 0 Å². The lowest BCUT2D eigenvalue weighted by Crippen LogP contribution is -2.63. The highest BCUT2D eigenvalue weighted by atomic mass is 32.1. The third kappa shape index (κ3) is 3.10. The van der Waals surface area contributed by atoms with Crippen molar-refractivity contribution in [2.24, 2.45) is 0 Å². The van der Waals surface area contributed by atoms with Gasteiger partial charge in [0.1, 0.15) is 0 Å². The van der Waals surface area contributed by atoms with Crippen LogP contribution in [0.25, 0.3) is 10.1 Å². The molecule has 198 valence electrons. The van der Waals surface area contributed by atoms with E-state index in [0.29, 0.717) is 0 Å². The summed E-state index contributed by atoms with van der Waals surface area (Å²) < 4.78 is 2.94. The second-order valence-corrected chi connectivity index (χ2v) is 15.1. The molecule has 40 heavy (non-hydrogen) atoms. The van der Waals surface area contributed by atoms with Gasteiger partial charge in [0.15, 0.2) is 0 Å². The summed E-state index contributed by atoms with van der Waals surface area (Å²) >= 11 is 2.02. The number of nitrogens with zero attached hydrogens (tertiary/aromatic N) is 1. The molecule has 1 aromatic heterocycles. The van der Waals surface area contributed by atoms with Crippen LogP contribution in [0.15, 0.2) is 84.9 Å². The average molecular weight is 538 g/mol. The van der Waals surface area contributed by atoms with E-state index in [9.17, 15) is 0 Å². The number of fused-ring (bicyclic) bond motifs is 7. The Hall–Kier alpha value is -3.30. The summed E-state index contributed by atoms with van der Waals surface area (Å²) in [5.41, 5.74) is 13.2. The van der Waals surface area contributed by atoms with E-state index in [1.54, 1.807) is 5.56 Å². The van der Waals surface area contributed by atoms with E-state index in [1.807, 2.05) is 11.3 Å². The molecule has 0 unspecified atom stereocenters. The molecule has 5 aromatic rings. The molecule has 1 aliphatic carbocycles. The molecule has 3 heteroatoms. The van der Waals surface area contributed by atoms with Crippen molar-refractivity contribution in [3.05, 3.63) is 107 Å². The second kappa shape index (κ2) is 7.92. The topological polar surface area (TPSA) is 3.24 Å². The Bertz CT molecular complexity index is 1840. The molecule has 0 N–H and O–H groups in total. The first-order valence-electron chi connectivity index (χ1n) is 14.8. The number of thiophene rings is 1. The van der Waals surface area contributed by atoms with E-state index in [1.165, 1.54) is 72.4 Å². The van der Waals surface area contributed by atoms with Crippen molar-refractivity contribution in [3.63, 3.8) is 0 Å². The largest absolute Gasteiger partial charge is 0.312 e. The molecular weight excluding hydrogens is 501 g/mol. The molecular formula is C37H36BNS. The first kappa shape index (κ1) is 24.5. The van der Waals surface area contributed by atoms with Crippen molar-refractivity contribution >= 4 is 60.9 Å². The molecule has 0 radical (unpaired) electrons. The Morgan fingerprint density at radius 2 is 1.35 bits per heavy atom. The molecule has 0 fully saturated rings. The molecule has 3 aliphatic rings. The van der Waals surface area contributed by atoms with Gasteiger partial charge < -0.3 is 4.90 Å². The summed E-state index contributed by atoms with van der Waals surface area (Å²) in [6.45, 7) is 14.9. The van der Waals surface area contributed by atoms with Crippen molar-refractivity contribution in [1.29, 1.82) is 0 Å². The molecule has 0 amide bonds. The number of hydrogen-bond acceptors (Lipinski definition) is 2. The Labute approximate surface area is 243 Å². The van der Waals surface area contributed by atoms with Gasteiger partial charge in [-0.1, -0.05) is 96.1 Å². The number of anilines is 3. The van der Waals surface area contributed by atoms with Crippen LogP contribution in [-0.2, 0) is 16.2 Å². The Balaban J connectivity index is 1.53. The third-order valence-electron chi connectivity index (χ3n) is 10.4. The lowest BCUT2D eigenvalue weighted by molar-refractivity contribution is 0.332. The smallest absolute Gasteiger partial charge is 0.259 e. The molecule has 4 aromatic carbocycles. The van der Waals surface area contributed by atoms with Gasteiger partial charge in [-0.15, -0.1) is 11.3 Å². The van der Waals surface area contributed by atoms with E-state index in [-0.39, 0.29) is 23.0 Å². The standard InChI is InChI=1S/C37H36BNS/c1-35(2)19-20-36(3,4)27-22-30-28(21-26(27)35)38-33-25(16-12-17-29(33)39(30)23-13-8-7-9-14-23)37(5,6)32-24-15-10-11-18-31(24)40-34(32)38/h7-18,21-22H,19-20H2,1-6H3. The predicted octanol–water partition coefficient (Wildman–Crippen LogP) is 8.19. The van der Waals surface area contributed by atoms with Crippen LogP contribution >= 0.6 is 11.3 Å². The quantitative estimate of drug-likeness (QED) is 0.191. The van der Waals surface area contributed by atoms with Gasteiger partial charge in [-0.05, 0) is 97.3 Å². The predicted molar refractivity (Wildman–Crippen MR) is 175 cm³/mol. The van der Waals surface area contributed by atoms with Gasteiger partial charge in [-0.2, -0.15) is 0 Å². The number of benzene rings is 4. The summed E-state index contributed by atoms with van der Waals surface area (Å²) in [5.74, 6) is 0. The van der Waals surface area contributed by atoms with Crippen molar-refractivity contribution in [2.75, 3.05) is 4.90 Å². The maximum Gasteiger partial charge on any atom is 0.259 e. The maximum absolute atomic E-state index is 2.64. The zero-order chi connectivity index (χ0) is 27.6. The zero-order valence-electron chi connectivity index (χ0n) is 24.4. The van der Waals surface area contributed by atoms with E-state index in [4.69, 9.17) is 0 Å². The fourth-order valence-corrected chi connectivity index (χ4v) is 9.59. The normalized spacial score (nSPS) is 19.1. The van der Waals surface area contributed by atoms with E-state index in [2.05, 4.69) is 131 Å². The van der Waals surface area contributed by atoms with Crippen LogP contribution in [0.3, 0.4) is 0 Å².